The number of carbonyl (C=O) groups is 1. The fourth-order valence-corrected chi connectivity index (χ4v) is 1.44. The quantitative estimate of drug-likeness (QED) is 0.791. The monoisotopic (exact) mass is 225 g/mol. The first-order chi connectivity index (χ1) is 7.56. The zero-order valence-corrected chi connectivity index (χ0v) is 9.50. The molecule has 3 nitrogen and oxygen atoms in total. The van der Waals surface area contributed by atoms with Crippen molar-refractivity contribution in [3.05, 3.63) is 35.1 Å². The van der Waals surface area contributed by atoms with E-state index in [-0.39, 0.29) is 5.82 Å². The van der Waals surface area contributed by atoms with Gasteiger partial charge in [0.15, 0.2) is 0 Å². The second kappa shape index (κ2) is 5.61. The van der Waals surface area contributed by atoms with Crippen LogP contribution >= 0.6 is 0 Å². The van der Waals surface area contributed by atoms with Crippen molar-refractivity contribution in [1.29, 1.82) is 0 Å². The molecule has 0 aliphatic carbocycles. The Kier molecular flexibility index (Phi) is 4.43. The molecule has 0 saturated heterocycles. The molecule has 0 amide bonds. The molecule has 0 aliphatic rings. The van der Waals surface area contributed by atoms with E-state index in [1.165, 1.54) is 6.07 Å². The fourth-order valence-electron chi connectivity index (χ4n) is 1.44. The summed E-state index contributed by atoms with van der Waals surface area (Å²) < 4.78 is 18.0. The van der Waals surface area contributed by atoms with E-state index < -0.39 is 12.0 Å². The van der Waals surface area contributed by atoms with E-state index in [9.17, 15) is 9.18 Å². The Balaban J connectivity index is 2.73. The molecule has 0 bridgehead atoms. The number of benzene rings is 1. The van der Waals surface area contributed by atoms with Gasteiger partial charge in [0, 0.05) is 0 Å². The van der Waals surface area contributed by atoms with Crippen LogP contribution in [0.15, 0.2) is 18.2 Å². The normalized spacial score (nSPS) is 12.2. The largest absolute Gasteiger partial charge is 0.465 e. The third-order valence-corrected chi connectivity index (χ3v) is 2.41. The number of ether oxygens (including phenoxy) is 1. The van der Waals surface area contributed by atoms with Gasteiger partial charge in [-0.15, -0.1) is 0 Å². The molecule has 0 saturated carbocycles. The molecule has 16 heavy (non-hydrogen) atoms. The maximum atomic E-state index is 13.2. The van der Waals surface area contributed by atoms with Crippen LogP contribution < -0.4 is 5.73 Å². The standard InChI is InChI=1S/C12H16FNO2/c1-3-16-12(15)11(14)7-9-5-4-6-10(13)8(9)2/h4-6,11H,3,7,14H2,1-2H3. The van der Waals surface area contributed by atoms with Crippen LogP contribution in [0.1, 0.15) is 18.1 Å². The maximum absolute atomic E-state index is 13.2. The Labute approximate surface area is 94.4 Å². The zero-order chi connectivity index (χ0) is 12.1. The van der Waals surface area contributed by atoms with Gasteiger partial charge in [-0.25, -0.2) is 4.39 Å². The average molecular weight is 225 g/mol. The first-order valence-corrected chi connectivity index (χ1v) is 5.22. The van der Waals surface area contributed by atoms with Crippen LogP contribution in [0, 0.1) is 12.7 Å². The number of rotatable bonds is 4. The molecular weight excluding hydrogens is 209 g/mol. The minimum Gasteiger partial charge on any atom is -0.465 e. The number of hydrogen-bond donors (Lipinski definition) is 1. The highest BCUT2D eigenvalue weighted by Crippen LogP contribution is 2.13. The van der Waals surface area contributed by atoms with Crippen molar-refractivity contribution in [3.8, 4) is 0 Å². The van der Waals surface area contributed by atoms with Gasteiger partial charge < -0.3 is 10.5 Å². The van der Waals surface area contributed by atoms with E-state index in [4.69, 9.17) is 10.5 Å². The van der Waals surface area contributed by atoms with Crippen LogP contribution in [0.4, 0.5) is 4.39 Å². The van der Waals surface area contributed by atoms with Crippen LogP contribution in [0.25, 0.3) is 0 Å². The van der Waals surface area contributed by atoms with Crippen LogP contribution in [0.2, 0.25) is 0 Å². The van der Waals surface area contributed by atoms with Crippen molar-refractivity contribution >= 4 is 5.97 Å². The summed E-state index contributed by atoms with van der Waals surface area (Å²) in [6, 6.07) is 4.02. The first-order valence-electron chi connectivity index (χ1n) is 5.22. The number of esters is 1. The lowest BCUT2D eigenvalue weighted by Crippen LogP contribution is -2.34. The minimum atomic E-state index is -0.736. The maximum Gasteiger partial charge on any atom is 0.323 e. The van der Waals surface area contributed by atoms with Crippen molar-refractivity contribution in [2.75, 3.05) is 6.61 Å². The third kappa shape index (κ3) is 3.03. The first kappa shape index (κ1) is 12.6. The Morgan fingerprint density at radius 1 is 1.56 bits per heavy atom. The predicted octanol–water partition coefficient (Wildman–Crippen LogP) is 1.57. The fraction of sp³-hybridized carbons (Fsp3) is 0.417. The summed E-state index contributed by atoms with van der Waals surface area (Å²) in [6.07, 6.45) is 0.294. The van der Waals surface area contributed by atoms with Crippen molar-refractivity contribution in [3.63, 3.8) is 0 Å². The molecular formula is C12H16FNO2. The third-order valence-electron chi connectivity index (χ3n) is 2.41. The van der Waals surface area contributed by atoms with Gasteiger partial charge in [0.05, 0.1) is 6.61 Å². The smallest absolute Gasteiger partial charge is 0.323 e. The number of halogens is 1. The van der Waals surface area contributed by atoms with E-state index >= 15 is 0 Å². The zero-order valence-electron chi connectivity index (χ0n) is 9.50. The molecule has 2 N–H and O–H groups in total. The van der Waals surface area contributed by atoms with Gasteiger partial charge >= 0.3 is 5.97 Å². The molecule has 0 spiro atoms. The number of nitrogens with two attached hydrogens (primary N) is 1. The van der Waals surface area contributed by atoms with Crippen LogP contribution in [0.3, 0.4) is 0 Å². The number of carbonyl (C=O) groups excluding carboxylic acids is 1. The van der Waals surface area contributed by atoms with Crippen LogP contribution in [0.5, 0.6) is 0 Å². The summed E-state index contributed by atoms with van der Waals surface area (Å²) in [5.74, 6) is -0.736. The van der Waals surface area contributed by atoms with E-state index in [1.54, 1.807) is 26.0 Å². The lowest BCUT2D eigenvalue weighted by molar-refractivity contribution is -0.144. The second-order valence-corrected chi connectivity index (χ2v) is 3.59. The Bertz CT molecular complexity index is 379. The van der Waals surface area contributed by atoms with Crippen molar-refractivity contribution in [1.82, 2.24) is 0 Å². The molecule has 1 atom stereocenters. The van der Waals surface area contributed by atoms with Gasteiger partial charge in [-0.05, 0) is 37.5 Å². The molecule has 0 radical (unpaired) electrons. The van der Waals surface area contributed by atoms with Crippen molar-refractivity contribution in [2.45, 2.75) is 26.3 Å². The van der Waals surface area contributed by atoms with Crippen LogP contribution in [-0.2, 0) is 16.0 Å². The molecule has 1 aromatic rings. The highest BCUT2D eigenvalue weighted by atomic mass is 19.1. The van der Waals surface area contributed by atoms with Gasteiger partial charge in [0.2, 0.25) is 0 Å². The number of hydrogen-bond acceptors (Lipinski definition) is 3. The van der Waals surface area contributed by atoms with E-state index in [1.807, 2.05) is 0 Å². The minimum absolute atomic E-state index is 0.284. The average Bonchev–Trinajstić information content (AvgIpc) is 2.25. The van der Waals surface area contributed by atoms with Crippen LogP contribution in [-0.4, -0.2) is 18.6 Å². The summed E-state index contributed by atoms with van der Waals surface area (Å²) in [5.41, 5.74) is 6.92. The Hall–Kier alpha value is -1.42. The predicted molar refractivity (Wildman–Crippen MR) is 59.4 cm³/mol. The van der Waals surface area contributed by atoms with Gasteiger partial charge in [-0.3, -0.25) is 4.79 Å². The molecule has 4 heteroatoms. The lowest BCUT2D eigenvalue weighted by Gasteiger charge is -2.12. The Morgan fingerprint density at radius 2 is 2.25 bits per heavy atom. The lowest BCUT2D eigenvalue weighted by atomic mass is 10.0. The summed E-state index contributed by atoms with van der Waals surface area (Å²) in [5, 5.41) is 0. The molecule has 1 rings (SSSR count). The topological polar surface area (TPSA) is 52.3 Å². The second-order valence-electron chi connectivity index (χ2n) is 3.59. The van der Waals surface area contributed by atoms with Gasteiger partial charge in [-0.2, -0.15) is 0 Å². The molecule has 0 aromatic heterocycles. The van der Waals surface area contributed by atoms with Gasteiger partial charge in [0.1, 0.15) is 11.9 Å². The van der Waals surface area contributed by atoms with Crippen molar-refractivity contribution in [2.24, 2.45) is 5.73 Å². The summed E-state index contributed by atoms with van der Waals surface area (Å²) in [6.45, 7) is 3.69. The molecule has 88 valence electrons. The molecule has 1 aromatic carbocycles. The Morgan fingerprint density at radius 3 is 2.88 bits per heavy atom. The molecule has 0 heterocycles. The summed E-state index contributed by atoms with van der Waals surface area (Å²) in [4.78, 5) is 11.3. The van der Waals surface area contributed by atoms with Gasteiger partial charge in [0.25, 0.3) is 0 Å². The van der Waals surface area contributed by atoms with E-state index in [0.29, 0.717) is 18.6 Å². The highest BCUT2D eigenvalue weighted by molar-refractivity contribution is 5.75. The molecule has 0 fully saturated rings. The van der Waals surface area contributed by atoms with Crippen molar-refractivity contribution < 1.29 is 13.9 Å². The van der Waals surface area contributed by atoms with E-state index in [0.717, 1.165) is 5.56 Å². The molecule has 1 unspecified atom stereocenters. The van der Waals surface area contributed by atoms with E-state index in [2.05, 4.69) is 0 Å². The highest BCUT2D eigenvalue weighted by Gasteiger charge is 2.16. The SMILES string of the molecule is CCOC(=O)C(N)Cc1cccc(F)c1C. The molecule has 0 aliphatic heterocycles. The summed E-state index contributed by atoms with van der Waals surface area (Å²) in [7, 11) is 0. The van der Waals surface area contributed by atoms with Gasteiger partial charge in [-0.1, -0.05) is 12.1 Å². The summed E-state index contributed by atoms with van der Waals surface area (Å²) >= 11 is 0.